The van der Waals surface area contributed by atoms with E-state index in [1.54, 1.807) is 6.92 Å². The minimum Gasteiger partial charge on any atom is -0.484 e. The Balaban J connectivity index is 1.49. The maximum absolute atomic E-state index is 12.1. The summed E-state index contributed by atoms with van der Waals surface area (Å²) in [5.41, 5.74) is 4.06. The number of ether oxygens (including phenoxy) is 1. The van der Waals surface area contributed by atoms with Crippen LogP contribution in [0.1, 0.15) is 44.0 Å². The molecule has 1 aliphatic rings. The number of nitriles is 1. The summed E-state index contributed by atoms with van der Waals surface area (Å²) in [6, 6.07) is 15.6. The molecule has 0 atom stereocenters. The molecule has 184 valence electrons. The van der Waals surface area contributed by atoms with Gasteiger partial charge in [0.15, 0.2) is 6.61 Å². The van der Waals surface area contributed by atoms with Crippen LogP contribution >= 0.6 is 0 Å². The number of anilines is 1. The topological polar surface area (TPSA) is 118 Å². The van der Waals surface area contributed by atoms with Crippen LogP contribution in [0.4, 0.5) is 10.5 Å². The Kier molecular flexibility index (Phi) is 6.34. The van der Waals surface area contributed by atoms with Crippen molar-refractivity contribution < 1.29 is 13.9 Å². The third-order valence-corrected chi connectivity index (χ3v) is 6.05. The van der Waals surface area contributed by atoms with Crippen LogP contribution in [-0.2, 0) is 13.2 Å². The molecule has 36 heavy (non-hydrogen) atoms. The van der Waals surface area contributed by atoms with E-state index in [1.165, 1.54) is 12.8 Å². The molecule has 0 radical (unpaired) electrons. The Bertz CT molecular complexity index is 1440. The second-order valence-electron chi connectivity index (χ2n) is 9.40. The number of fused-ring (bicyclic) bond motifs is 1. The fourth-order valence-electron chi connectivity index (χ4n) is 4.26. The van der Waals surface area contributed by atoms with Crippen molar-refractivity contribution in [2.75, 3.05) is 5.32 Å². The van der Waals surface area contributed by atoms with Crippen LogP contribution < -0.4 is 15.4 Å². The lowest BCUT2D eigenvalue weighted by molar-refractivity contribution is 0.250. The Morgan fingerprint density at radius 2 is 2.00 bits per heavy atom. The number of carbonyl (C=O) groups excluding carboxylic acids is 1. The summed E-state index contributed by atoms with van der Waals surface area (Å²) in [4.78, 5) is 12.1. The SMILES string of the molecule is Cc1nnc(COc2ccc3c(C#N)c(-c4ccc(NC(=O)NC(C)C)cc4)n(CC4CC4)c3c2)o1. The molecule has 1 fully saturated rings. The first-order valence-electron chi connectivity index (χ1n) is 12.1. The summed E-state index contributed by atoms with van der Waals surface area (Å²) >= 11 is 0. The van der Waals surface area contributed by atoms with Crippen LogP contribution in [-0.4, -0.2) is 26.8 Å². The second-order valence-corrected chi connectivity index (χ2v) is 9.40. The van der Waals surface area contributed by atoms with Gasteiger partial charge < -0.3 is 24.4 Å². The number of hydrogen-bond acceptors (Lipinski definition) is 6. The van der Waals surface area contributed by atoms with Gasteiger partial charge in [0, 0.05) is 36.7 Å². The van der Waals surface area contributed by atoms with E-state index in [0.29, 0.717) is 34.7 Å². The predicted molar refractivity (Wildman–Crippen MR) is 135 cm³/mol. The van der Waals surface area contributed by atoms with Crippen molar-refractivity contribution in [2.24, 2.45) is 5.92 Å². The van der Waals surface area contributed by atoms with Crippen molar-refractivity contribution in [2.45, 2.75) is 52.8 Å². The monoisotopic (exact) mass is 484 g/mol. The molecule has 2 aromatic heterocycles. The normalized spacial score (nSPS) is 13.1. The standard InChI is InChI=1S/C27H28N6O3/c1-16(2)29-27(34)30-20-8-6-19(7-9-20)26-23(13-28)22-11-10-21(35-15-25-32-31-17(3)36-25)12-24(22)33(26)14-18-4-5-18/h6-12,16,18H,4-5,14-15H2,1-3H3,(H2,29,30,34). The number of nitrogens with one attached hydrogen (secondary N) is 2. The third kappa shape index (κ3) is 5.03. The number of nitrogens with zero attached hydrogens (tertiary/aromatic N) is 4. The molecule has 4 aromatic rings. The van der Waals surface area contributed by atoms with E-state index >= 15 is 0 Å². The zero-order valence-electron chi connectivity index (χ0n) is 20.5. The lowest BCUT2D eigenvalue weighted by Crippen LogP contribution is -2.34. The van der Waals surface area contributed by atoms with Gasteiger partial charge in [-0.3, -0.25) is 0 Å². The molecule has 2 N–H and O–H groups in total. The zero-order chi connectivity index (χ0) is 25.2. The number of benzene rings is 2. The average molecular weight is 485 g/mol. The van der Waals surface area contributed by atoms with Gasteiger partial charge >= 0.3 is 6.03 Å². The van der Waals surface area contributed by atoms with E-state index < -0.39 is 0 Å². The summed E-state index contributed by atoms with van der Waals surface area (Å²) in [6.07, 6.45) is 2.36. The highest BCUT2D eigenvalue weighted by Crippen LogP contribution is 2.39. The third-order valence-electron chi connectivity index (χ3n) is 6.05. The predicted octanol–water partition coefficient (Wildman–Crippen LogP) is 5.39. The van der Waals surface area contributed by atoms with Gasteiger partial charge in [0.25, 0.3) is 5.89 Å². The first-order chi connectivity index (χ1) is 17.4. The second kappa shape index (κ2) is 9.74. The molecule has 9 nitrogen and oxygen atoms in total. The molecular formula is C27H28N6O3. The summed E-state index contributed by atoms with van der Waals surface area (Å²) < 4.78 is 13.5. The van der Waals surface area contributed by atoms with Crippen molar-refractivity contribution in [3.8, 4) is 23.1 Å². The first-order valence-corrected chi connectivity index (χ1v) is 12.1. The quantitative estimate of drug-likeness (QED) is 0.346. The smallest absolute Gasteiger partial charge is 0.319 e. The molecule has 2 aromatic carbocycles. The van der Waals surface area contributed by atoms with Gasteiger partial charge in [0.05, 0.1) is 16.8 Å². The number of urea groups is 1. The highest BCUT2D eigenvalue weighted by atomic mass is 16.5. The number of carbonyl (C=O) groups is 1. The van der Waals surface area contributed by atoms with Crippen molar-refractivity contribution in [1.82, 2.24) is 20.1 Å². The van der Waals surface area contributed by atoms with Gasteiger partial charge in [0.1, 0.15) is 11.8 Å². The van der Waals surface area contributed by atoms with Crippen LogP contribution in [0.2, 0.25) is 0 Å². The Labute approximate surface area is 209 Å². The summed E-state index contributed by atoms with van der Waals surface area (Å²) in [6.45, 7) is 6.56. The highest BCUT2D eigenvalue weighted by Gasteiger charge is 2.27. The van der Waals surface area contributed by atoms with Crippen LogP contribution in [0.3, 0.4) is 0 Å². The lowest BCUT2D eigenvalue weighted by Gasteiger charge is -2.13. The summed E-state index contributed by atoms with van der Waals surface area (Å²) in [5, 5.41) is 24.5. The van der Waals surface area contributed by atoms with Gasteiger partial charge in [-0.2, -0.15) is 5.26 Å². The molecule has 0 unspecified atom stereocenters. The Hall–Kier alpha value is -4.32. The average Bonchev–Trinajstić information content (AvgIpc) is 3.49. The van der Waals surface area contributed by atoms with Crippen molar-refractivity contribution in [3.63, 3.8) is 0 Å². The van der Waals surface area contributed by atoms with E-state index in [2.05, 4.69) is 31.5 Å². The molecule has 0 aliphatic heterocycles. The number of hydrogen-bond donors (Lipinski definition) is 2. The Morgan fingerprint density at radius 1 is 1.22 bits per heavy atom. The molecule has 0 saturated heterocycles. The molecule has 0 bridgehead atoms. The number of amides is 2. The molecule has 5 rings (SSSR count). The van der Waals surface area contributed by atoms with E-state index in [-0.39, 0.29) is 18.7 Å². The lowest BCUT2D eigenvalue weighted by atomic mass is 10.1. The van der Waals surface area contributed by atoms with Crippen LogP contribution in [0.25, 0.3) is 22.2 Å². The van der Waals surface area contributed by atoms with E-state index in [0.717, 1.165) is 28.7 Å². The Morgan fingerprint density at radius 3 is 2.64 bits per heavy atom. The maximum Gasteiger partial charge on any atom is 0.319 e. The number of aromatic nitrogens is 3. The van der Waals surface area contributed by atoms with Crippen LogP contribution in [0, 0.1) is 24.2 Å². The molecule has 2 heterocycles. The van der Waals surface area contributed by atoms with Crippen molar-refractivity contribution in [3.05, 3.63) is 59.8 Å². The molecule has 0 spiro atoms. The van der Waals surface area contributed by atoms with Crippen LogP contribution in [0.15, 0.2) is 46.9 Å². The zero-order valence-corrected chi connectivity index (χ0v) is 20.5. The fourth-order valence-corrected chi connectivity index (χ4v) is 4.26. The largest absolute Gasteiger partial charge is 0.484 e. The van der Waals surface area contributed by atoms with Crippen molar-refractivity contribution >= 4 is 22.6 Å². The number of rotatable bonds is 8. The van der Waals surface area contributed by atoms with Gasteiger partial charge in [0.2, 0.25) is 5.89 Å². The van der Waals surface area contributed by atoms with E-state index in [9.17, 15) is 10.1 Å². The van der Waals surface area contributed by atoms with Gasteiger partial charge in [-0.15, -0.1) is 10.2 Å². The fraction of sp³-hybridized carbons (Fsp3) is 0.333. The molecule has 2 amide bonds. The summed E-state index contributed by atoms with van der Waals surface area (Å²) in [5.74, 6) is 2.17. The van der Waals surface area contributed by atoms with E-state index in [4.69, 9.17) is 9.15 Å². The van der Waals surface area contributed by atoms with Crippen LogP contribution in [0.5, 0.6) is 5.75 Å². The molecule has 1 saturated carbocycles. The van der Waals surface area contributed by atoms with E-state index in [1.807, 2.05) is 56.3 Å². The highest BCUT2D eigenvalue weighted by molar-refractivity contribution is 5.96. The molecule has 9 heteroatoms. The minimum atomic E-state index is -0.249. The summed E-state index contributed by atoms with van der Waals surface area (Å²) in [7, 11) is 0. The number of aryl methyl sites for hydroxylation is 1. The van der Waals surface area contributed by atoms with Gasteiger partial charge in [-0.05, 0) is 62.4 Å². The van der Waals surface area contributed by atoms with Crippen molar-refractivity contribution in [1.29, 1.82) is 5.26 Å². The first kappa shape index (κ1) is 23.4. The minimum absolute atomic E-state index is 0.0468. The van der Waals surface area contributed by atoms with Gasteiger partial charge in [-0.1, -0.05) is 12.1 Å². The van der Waals surface area contributed by atoms with Gasteiger partial charge in [-0.25, -0.2) is 4.79 Å². The molecule has 1 aliphatic carbocycles. The molecular weight excluding hydrogens is 456 g/mol. The maximum atomic E-state index is 12.1.